The predicted octanol–water partition coefficient (Wildman–Crippen LogP) is 3.38. The lowest BCUT2D eigenvalue weighted by Crippen LogP contribution is -2.40. The highest BCUT2D eigenvalue weighted by Crippen LogP contribution is 2.27. The molecule has 1 aliphatic heterocycles. The number of halogens is 1. The number of imide groups is 1. The fourth-order valence-corrected chi connectivity index (χ4v) is 3.91. The van der Waals surface area contributed by atoms with Crippen LogP contribution in [0.4, 0.5) is 10.5 Å². The number of rotatable bonds is 5. The lowest BCUT2D eigenvalue weighted by molar-refractivity contribution is -0.123. The van der Waals surface area contributed by atoms with E-state index in [4.69, 9.17) is 11.6 Å². The first-order valence-electron chi connectivity index (χ1n) is 10.0. The minimum atomic E-state index is -1.19. The van der Waals surface area contributed by atoms with Crippen LogP contribution in [0.15, 0.2) is 48.5 Å². The second-order valence-electron chi connectivity index (χ2n) is 7.88. The second kappa shape index (κ2) is 8.12. The van der Waals surface area contributed by atoms with Gasteiger partial charge in [0.15, 0.2) is 0 Å². The van der Waals surface area contributed by atoms with Gasteiger partial charge in [-0.25, -0.2) is 9.48 Å². The van der Waals surface area contributed by atoms with Crippen LogP contribution in [0, 0.1) is 13.8 Å². The summed E-state index contributed by atoms with van der Waals surface area (Å²) in [6, 6.07) is 13.6. The maximum Gasteiger partial charge on any atom is 0.322 e. The molecular formula is C23H22ClN5O3. The first-order valence-corrected chi connectivity index (χ1v) is 10.4. The maximum absolute atomic E-state index is 12.8. The third-order valence-electron chi connectivity index (χ3n) is 5.62. The molecule has 0 spiro atoms. The molecule has 1 unspecified atom stereocenters. The van der Waals surface area contributed by atoms with Crippen LogP contribution < -0.4 is 16.0 Å². The molecule has 8 nitrogen and oxygen atoms in total. The van der Waals surface area contributed by atoms with Crippen LogP contribution in [0.1, 0.15) is 29.4 Å². The van der Waals surface area contributed by atoms with Gasteiger partial charge in [0, 0.05) is 22.0 Å². The van der Waals surface area contributed by atoms with E-state index in [-0.39, 0.29) is 12.3 Å². The fourth-order valence-electron chi connectivity index (χ4n) is 3.78. The van der Waals surface area contributed by atoms with E-state index in [0.29, 0.717) is 16.3 Å². The quantitative estimate of drug-likeness (QED) is 0.517. The van der Waals surface area contributed by atoms with Crippen LogP contribution in [0.25, 0.3) is 5.69 Å². The average molecular weight is 452 g/mol. The molecule has 0 radical (unpaired) electrons. The van der Waals surface area contributed by atoms with E-state index in [1.54, 1.807) is 48.0 Å². The highest BCUT2D eigenvalue weighted by Gasteiger charge is 2.43. The van der Waals surface area contributed by atoms with Gasteiger partial charge in [-0.15, -0.1) is 0 Å². The molecule has 3 N–H and O–H groups in total. The number of benzene rings is 2. The molecule has 2 heterocycles. The van der Waals surface area contributed by atoms with Gasteiger partial charge < -0.3 is 10.6 Å². The minimum Gasteiger partial charge on any atom is -0.326 e. The summed E-state index contributed by atoms with van der Waals surface area (Å²) in [7, 11) is 0. The van der Waals surface area contributed by atoms with E-state index < -0.39 is 17.5 Å². The number of nitrogens with one attached hydrogen (secondary N) is 3. The van der Waals surface area contributed by atoms with Crippen molar-refractivity contribution in [3.05, 3.63) is 76.1 Å². The van der Waals surface area contributed by atoms with Crippen LogP contribution in [0.5, 0.6) is 0 Å². The van der Waals surface area contributed by atoms with Crippen molar-refractivity contribution in [2.75, 3.05) is 5.32 Å². The number of aromatic nitrogens is 2. The van der Waals surface area contributed by atoms with E-state index in [9.17, 15) is 14.4 Å². The van der Waals surface area contributed by atoms with Gasteiger partial charge in [-0.2, -0.15) is 5.10 Å². The zero-order valence-corrected chi connectivity index (χ0v) is 18.6. The smallest absolute Gasteiger partial charge is 0.322 e. The molecule has 32 heavy (non-hydrogen) atoms. The van der Waals surface area contributed by atoms with Crippen LogP contribution in [-0.4, -0.2) is 27.6 Å². The number of carbonyl (C=O) groups excluding carboxylic acids is 3. The summed E-state index contributed by atoms with van der Waals surface area (Å²) >= 11 is 5.97. The molecule has 1 fully saturated rings. The number of urea groups is 1. The third kappa shape index (κ3) is 3.97. The summed E-state index contributed by atoms with van der Waals surface area (Å²) in [5, 5.41) is 12.9. The molecule has 1 saturated heterocycles. The van der Waals surface area contributed by atoms with Crippen LogP contribution in [-0.2, 0) is 21.5 Å². The van der Waals surface area contributed by atoms with Gasteiger partial charge in [0.05, 0.1) is 17.8 Å². The summed E-state index contributed by atoms with van der Waals surface area (Å²) in [4.78, 5) is 36.6. The molecule has 4 amide bonds. The molecule has 9 heteroatoms. The third-order valence-corrected chi connectivity index (χ3v) is 5.87. The average Bonchev–Trinajstić information content (AvgIpc) is 3.18. The number of hydrogen-bond donors (Lipinski definition) is 3. The summed E-state index contributed by atoms with van der Waals surface area (Å²) in [6.07, 6.45) is 0.143. The van der Waals surface area contributed by atoms with Gasteiger partial charge >= 0.3 is 6.03 Å². The second-order valence-corrected chi connectivity index (χ2v) is 8.31. The van der Waals surface area contributed by atoms with Gasteiger partial charge in [-0.3, -0.25) is 14.9 Å². The highest BCUT2D eigenvalue weighted by atomic mass is 35.5. The first-order chi connectivity index (χ1) is 15.2. The van der Waals surface area contributed by atoms with Crippen LogP contribution in [0.2, 0.25) is 5.02 Å². The van der Waals surface area contributed by atoms with Crippen molar-refractivity contribution in [2.24, 2.45) is 0 Å². The van der Waals surface area contributed by atoms with Crippen LogP contribution in [0.3, 0.4) is 0 Å². The molecular weight excluding hydrogens is 430 g/mol. The van der Waals surface area contributed by atoms with E-state index in [1.165, 1.54) is 0 Å². The Bertz CT molecular complexity index is 1230. The first kappa shape index (κ1) is 21.6. The van der Waals surface area contributed by atoms with E-state index in [2.05, 4.69) is 21.0 Å². The molecule has 0 saturated carbocycles. The Hall–Kier alpha value is -3.65. The van der Waals surface area contributed by atoms with E-state index >= 15 is 0 Å². The van der Waals surface area contributed by atoms with Crippen LogP contribution >= 0.6 is 11.6 Å². The number of anilines is 1. The summed E-state index contributed by atoms with van der Waals surface area (Å²) < 4.78 is 1.79. The van der Waals surface area contributed by atoms with Gasteiger partial charge in [0.1, 0.15) is 5.54 Å². The van der Waals surface area contributed by atoms with Crippen molar-refractivity contribution in [2.45, 2.75) is 32.7 Å². The van der Waals surface area contributed by atoms with Crippen molar-refractivity contribution in [3.8, 4) is 5.69 Å². The topological polar surface area (TPSA) is 105 Å². The Kier molecular flexibility index (Phi) is 5.48. The van der Waals surface area contributed by atoms with Crippen molar-refractivity contribution in [3.63, 3.8) is 0 Å². The Morgan fingerprint density at radius 1 is 1.16 bits per heavy atom. The van der Waals surface area contributed by atoms with Gasteiger partial charge in [-0.1, -0.05) is 23.7 Å². The highest BCUT2D eigenvalue weighted by molar-refractivity contribution is 6.30. The molecule has 1 aromatic heterocycles. The summed E-state index contributed by atoms with van der Waals surface area (Å²) in [5.74, 6) is -0.652. The van der Waals surface area contributed by atoms with E-state index in [0.717, 1.165) is 22.6 Å². The zero-order valence-electron chi connectivity index (χ0n) is 17.8. The van der Waals surface area contributed by atoms with E-state index in [1.807, 2.05) is 26.0 Å². The molecule has 0 aliphatic carbocycles. The van der Waals surface area contributed by atoms with Crippen molar-refractivity contribution in [1.82, 2.24) is 20.4 Å². The number of aryl methyl sites for hydroxylation is 1. The predicted molar refractivity (Wildman–Crippen MR) is 121 cm³/mol. The van der Waals surface area contributed by atoms with Gasteiger partial charge in [0.25, 0.3) is 5.91 Å². The molecule has 0 bridgehead atoms. The summed E-state index contributed by atoms with van der Waals surface area (Å²) in [5.41, 5.74) is 3.24. The lowest BCUT2D eigenvalue weighted by atomic mass is 9.92. The number of amides is 4. The van der Waals surface area contributed by atoms with Crippen molar-refractivity contribution < 1.29 is 14.4 Å². The van der Waals surface area contributed by atoms with Crippen molar-refractivity contribution >= 4 is 35.1 Å². The number of nitrogens with zero attached hydrogens (tertiary/aromatic N) is 2. The lowest BCUT2D eigenvalue weighted by Gasteiger charge is -2.21. The molecule has 164 valence electrons. The minimum absolute atomic E-state index is 0.143. The Labute approximate surface area is 190 Å². The van der Waals surface area contributed by atoms with Crippen molar-refractivity contribution in [1.29, 1.82) is 0 Å². The molecule has 2 aromatic carbocycles. The Morgan fingerprint density at radius 3 is 2.53 bits per heavy atom. The Morgan fingerprint density at radius 2 is 1.88 bits per heavy atom. The largest absolute Gasteiger partial charge is 0.326 e. The molecule has 3 aromatic rings. The maximum atomic E-state index is 12.8. The SMILES string of the molecule is Cc1nn(-c2ccc(Cl)cc2)c(C)c1CC(=O)Nc1cccc(C2(C)NC(=O)NC2=O)c1. The molecule has 4 rings (SSSR count). The number of hydrogen-bond acceptors (Lipinski definition) is 4. The zero-order chi connectivity index (χ0) is 23.0. The number of carbonyl (C=O) groups is 3. The standard InChI is InChI=1S/C23H22ClN5O3/c1-13-19(14(2)29(28-13)18-9-7-16(24)8-10-18)12-20(30)25-17-6-4-5-15(11-17)23(3)21(31)26-22(32)27-23/h4-11H,12H2,1-3H3,(H,25,30)(H2,26,27,31,32). The molecule has 1 atom stereocenters. The molecule has 1 aliphatic rings. The van der Waals surface area contributed by atoms with Gasteiger partial charge in [0.2, 0.25) is 5.91 Å². The monoisotopic (exact) mass is 451 g/mol. The Balaban J connectivity index is 1.52. The summed E-state index contributed by atoms with van der Waals surface area (Å²) in [6.45, 7) is 5.40. The van der Waals surface area contributed by atoms with Gasteiger partial charge in [-0.05, 0) is 62.7 Å². The fraction of sp³-hybridized carbons (Fsp3) is 0.217. The normalized spacial score (nSPS) is 17.8.